The summed E-state index contributed by atoms with van der Waals surface area (Å²) < 4.78 is 16.1. The van der Waals surface area contributed by atoms with E-state index in [9.17, 15) is 4.79 Å². The van der Waals surface area contributed by atoms with Gasteiger partial charge in [0.2, 0.25) is 0 Å². The fourth-order valence-corrected chi connectivity index (χ4v) is 2.13. The number of hydrogen-bond acceptors (Lipinski definition) is 5. The third-order valence-corrected chi connectivity index (χ3v) is 3.37. The number of nitrogens with zero attached hydrogens (tertiary/aromatic N) is 3. The van der Waals surface area contributed by atoms with E-state index in [1.165, 1.54) is 14.0 Å². The Morgan fingerprint density at radius 3 is 2.61 bits per heavy atom. The summed E-state index contributed by atoms with van der Waals surface area (Å²) in [5.41, 5.74) is 8.35. The molecule has 102 valence electrons. The molecule has 0 amide bonds. The van der Waals surface area contributed by atoms with E-state index in [-0.39, 0.29) is 30.5 Å². The van der Waals surface area contributed by atoms with Crippen LogP contribution in [0.4, 0.5) is 0 Å². The molecule has 0 saturated carbocycles. The number of methoxy groups -OCH3 is 1. The standard InChI is InChI=1S/C11H19N3O4/c1-6-7(2)10(17-8(3)15)11(16-4)18-9(6)5-13-14-12/h6-7,9-11H,5H2,1-4H3/t6-,7?,9?,10-,11-/m0/s1. The lowest BCUT2D eigenvalue weighted by Gasteiger charge is -2.42. The summed E-state index contributed by atoms with van der Waals surface area (Å²) in [5, 5.41) is 3.53. The fraction of sp³-hybridized carbons (Fsp3) is 0.909. The molecule has 7 heteroatoms. The first-order chi connectivity index (χ1) is 8.51. The van der Waals surface area contributed by atoms with Crippen molar-refractivity contribution < 1.29 is 19.0 Å². The minimum atomic E-state index is -0.626. The van der Waals surface area contributed by atoms with E-state index in [0.29, 0.717) is 0 Å². The summed E-state index contributed by atoms with van der Waals surface area (Å²) >= 11 is 0. The predicted octanol–water partition coefficient (Wildman–Crippen LogP) is 1.87. The van der Waals surface area contributed by atoms with Crippen molar-refractivity contribution >= 4 is 5.97 Å². The van der Waals surface area contributed by atoms with E-state index in [0.717, 1.165) is 0 Å². The molecule has 0 aliphatic carbocycles. The lowest BCUT2D eigenvalue weighted by molar-refractivity contribution is -0.264. The van der Waals surface area contributed by atoms with Crippen LogP contribution in [0.1, 0.15) is 20.8 Å². The topological polar surface area (TPSA) is 93.5 Å². The molecule has 0 aromatic rings. The molecule has 0 N–H and O–H groups in total. The smallest absolute Gasteiger partial charge is 0.303 e. The molecule has 0 radical (unpaired) electrons. The summed E-state index contributed by atoms with van der Waals surface area (Å²) in [6, 6.07) is 0. The zero-order chi connectivity index (χ0) is 13.7. The number of azide groups is 1. The molecule has 1 fully saturated rings. The van der Waals surface area contributed by atoms with Gasteiger partial charge in [0.25, 0.3) is 0 Å². The minimum Gasteiger partial charge on any atom is -0.457 e. The zero-order valence-electron chi connectivity index (χ0n) is 11.1. The van der Waals surface area contributed by atoms with E-state index >= 15 is 0 Å². The van der Waals surface area contributed by atoms with Crippen LogP contribution in [0.25, 0.3) is 10.4 Å². The Morgan fingerprint density at radius 2 is 2.11 bits per heavy atom. The van der Waals surface area contributed by atoms with Crippen molar-refractivity contribution in [1.82, 2.24) is 0 Å². The van der Waals surface area contributed by atoms with Gasteiger partial charge in [-0.15, -0.1) is 0 Å². The molecule has 7 nitrogen and oxygen atoms in total. The molecule has 1 aliphatic heterocycles. The van der Waals surface area contributed by atoms with Crippen LogP contribution in [-0.4, -0.2) is 38.1 Å². The summed E-state index contributed by atoms with van der Waals surface area (Å²) in [4.78, 5) is 13.8. The Morgan fingerprint density at radius 1 is 1.44 bits per heavy atom. The largest absolute Gasteiger partial charge is 0.457 e. The first-order valence-corrected chi connectivity index (χ1v) is 5.87. The van der Waals surface area contributed by atoms with Gasteiger partial charge in [0.05, 0.1) is 12.6 Å². The molecule has 0 bridgehead atoms. The Kier molecular flexibility index (Phi) is 5.40. The number of ether oxygens (including phenoxy) is 3. The SMILES string of the molecule is CO[C@H]1OC(CN=[N+]=[N-])[C@@H](C)C(C)[C@@H]1OC(C)=O. The normalized spacial score (nSPS) is 35.7. The molecule has 1 aliphatic rings. The first-order valence-electron chi connectivity index (χ1n) is 5.87. The van der Waals surface area contributed by atoms with Crippen molar-refractivity contribution in [2.24, 2.45) is 17.0 Å². The molecule has 1 rings (SSSR count). The van der Waals surface area contributed by atoms with Gasteiger partial charge >= 0.3 is 5.97 Å². The quantitative estimate of drug-likeness (QED) is 0.332. The van der Waals surface area contributed by atoms with Gasteiger partial charge in [-0.2, -0.15) is 0 Å². The van der Waals surface area contributed by atoms with Crippen molar-refractivity contribution in [3.63, 3.8) is 0 Å². The van der Waals surface area contributed by atoms with Crippen molar-refractivity contribution in [2.45, 2.75) is 39.3 Å². The molecule has 0 aromatic carbocycles. The number of rotatable bonds is 4. The van der Waals surface area contributed by atoms with Crippen molar-refractivity contribution in [3.8, 4) is 0 Å². The maximum Gasteiger partial charge on any atom is 0.303 e. The summed E-state index contributed by atoms with van der Waals surface area (Å²) in [6.45, 7) is 5.55. The van der Waals surface area contributed by atoms with Crippen LogP contribution in [0.2, 0.25) is 0 Å². The lowest BCUT2D eigenvalue weighted by Crippen LogP contribution is -2.52. The summed E-state index contributed by atoms with van der Waals surface area (Å²) in [6.07, 6.45) is -1.29. The number of esters is 1. The second kappa shape index (κ2) is 6.58. The Balaban J connectivity index is 2.79. The van der Waals surface area contributed by atoms with Crippen LogP contribution in [0.5, 0.6) is 0 Å². The maximum atomic E-state index is 11.1. The maximum absolute atomic E-state index is 11.1. The van der Waals surface area contributed by atoms with Gasteiger partial charge in [-0.1, -0.05) is 19.0 Å². The highest BCUT2D eigenvalue weighted by Gasteiger charge is 2.43. The van der Waals surface area contributed by atoms with Gasteiger partial charge in [-0.25, -0.2) is 0 Å². The predicted molar refractivity (Wildman–Crippen MR) is 63.6 cm³/mol. The van der Waals surface area contributed by atoms with Crippen LogP contribution < -0.4 is 0 Å². The van der Waals surface area contributed by atoms with Crippen LogP contribution >= 0.6 is 0 Å². The molecule has 1 saturated heterocycles. The zero-order valence-corrected chi connectivity index (χ0v) is 11.1. The van der Waals surface area contributed by atoms with E-state index in [1.54, 1.807) is 0 Å². The molecule has 1 heterocycles. The minimum absolute atomic E-state index is 0.0616. The van der Waals surface area contributed by atoms with Gasteiger partial charge in [0.15, 0.2) is 12.4 Å². The van der Waals surface area contributed by atoms with Gasteiger partial charge < -0.3 is 14.2 Å². The van der Waals surface area contributed by atoms with Crippen molar-refractivity contribution in [3.05, 3.63) is 10.4 Å². The van der Waals surface area contributed by atoms with Crippen LogP contribution in [0, 0.1) is 11.8 Å². The van der Waals surface area contributed by atoms with Gasteiger partial charge in [-0.05, 0) is 11.4 Å². The van der Waals surface area contributed by atoms with Crippen molar-refractivity contribution in [2.75, 3.05) is 13.7 Å². The van der Waals surface area contributed by atoms with Crippen molar-refractivity contribution in [1.29, 1.82) is 0 Å². The molecule has 18 heavy (non-hydrogen) atoms. The first kappa shape index (κ1) is 14.8. The second-order valence-electron chi connectivity index (χ2n) is 4.48. The monoisotopic (exact) mass is 257 g/mol. The fourth-order valence-electron chi connectivity index (χ4n) is 2.13. The van der Waals surface area contributed by atoms with E-state index in [1.807, 2.05) is 13.8 Å². The average molecular weight is 257 g/mol. The Hall–Kier alpha value is -1.30. The molecule has 0 aromatic heterocycles. The Bertz CT molecular complexity index is 341. The van der Waals surface area contributed by atoms with Gasteiger partial charge in [-0.3, -0.25) is 4.79 Å². The highest BCUT2D eigenvalue weighted by atomic mass is 16.7. The molecule has 0 spiro atoms. The van der Waals surface area contributed by atoms with Crippen LogP contribution in [0.3, 0.4) is 0 Å². The molecule has 2 unspecified atom stereocenters. The van der Waals surface area contributed by atoms with E-state index in [2.05, 4.69) is 10.0 Å². The number of hydrogen-bond donors (Lipinski definition) is 0. The van der Waals surface area contributed by atoms with Crippen LogP contribution in [-0.2, 0) is 19.0 Å². The van der Waals surface area contributed by atoms with E-state index in [4.69, 9.17) is 19.7 Å². The van der Waals surface area contributed by atoms with Crippen LogP contribution in [0.15, 0.2) is 5.11 Å². The Labute approximate surface area is 106 Å². The third kappa shape index (κ3) is 3.35. The molecule has 5 atom stereocenters. The summed E-state index contributed by atoms with van der Waals surface area (Å²) in [5.74, 6) is -0.198. The average Bonchev–Trinajstić information content (AvgIpc) is 2.34. The van der Waals surface area contributed by atoms with Gasteiger partial charge in [0.1, 0.15) is 0 Å². The highest BCUT2D eigenvalue weighted by molar-refractivity contribution is 5.66. The third-order valence-electron chi connectivity index (χ3n) is 3.37. The second-order valence-corrected chi connectivity index (χ2v) is 4.48. The number of carbonyl (C=O) groups is 1. The lowest BCUT2D eigenvalue weighted by atomic mass is 9.83. The van der Waals surface area contributed by atoms with E-state index < -0.39 is 12.4 Å². The molecular formula is C11H19N3O4. The van der Waals surface area contributed by atoms with Gasteiger partial charge in [0, 0.05) is 24.9 Å². The molecular weight excluding hydrogens is 238 g/mol. The highest BCUT2D eigenvalue weighted by Crippen LogP contribution is 2.33. The number of carbonyl (C=O) groups excluding carboxylic acids is 1. The summed E-state index contributed by atoms with van der Waals surface area (Å²) in [7, 11) is 1.49.